The average Bonchev–Trinajstić information content (AvgIpc) is 1.90. The Balaban J connectivity index is 2.18. The van der Waals surface area contributed by atoms with Crippen LogP contribution in [0.3, 0.4) is 0 Å². The van der Waals surface area contributed by atoms with Gasteiger partial charge in [-0.05, 0) is 17.7 Å². The van der Waals surface area contributed by atoms with Gasteiger partial charge in [0.15, 0.2) is 0 Å². The molecule has 1 saturated heterocycles. The Labute approximate surface area is 71.4 Å². The molecule has 1 aliphatic rings. The second-order valence-corrected chi connectivity index (χ2v) is 3.34. The quantitative estimate of drug-likeness (QED) is 0.675. The molecule has 2 rings (SSSR count). The molecule has 2 heteroatoms. The molecule has 0 amide bonds. The highest BCUT2D eigenvalue weighted by Gasteiger charge is 2.17. The van der Waals surface area contributed by atoms with E-state index in [9.17, 15) is 0 Å². The van der Waals surface area contributed by atoms with Crippen molar-refractivity contribution < 1.29 is 0 Å². The van der Waals surface area contributed by atoms with Gasteiger partial charge in [-0.25, -0.2) is 0 Å². The lowest BCUT2D eigenvalue weighted by atomic mass is 9.94. The number of rotatable bonds is 1. The zero-order valence-electron chi connectivity index (χ0n) is 6.18. The van der Waals surface area contributed by atoms with E-state index in [-0.39, 0.29) is 0 Å². The normalized spacial score (nSPS) is 17.9. The molecule has 1 aliphatic heterocycles. The summed E-state index contributed by atoms with van der Waals surface area (Å²) < 4.78 is 0. The highest BCUT2D eigenvalue weighted by Crippen LogP contribution is 2.21. The topological polar surface area (TPSA) is 12.0 Å². The summed E-state index contributed by atoms with van der Waals surface area (Å²) in [7, 11) is 0. The maximum Gasteiger partial charge on any atom is 0.0406 e. The Kier molecular flexibility index (Phi) is 1.84. The van der Waals surface area contributed by atoms with Crippen LogP contribution in [0.5, 0.6) is 0 Å². The summed E-state index contributed by atoms with van der Waals surface area (Å²) in [5.74, 6) is 0.715. The average molecular weight is 168 g/mol. The molecule has 0 atom stereocenters. The molecule has 1 fully saturated rings. The Morgan fingerprint density at radius 1 is 1.18 bits per heavy atom. The fourth-order valence-electron chi connectivity index (χ4n) is 1.26. The molecule has 0 bridgehead atoms. The lowest BCUT2D eigenvalue weighted by Gasteiger charge is -2.27. The van der Waals surface area contributed by atoms with Crippen molar-refractivity contribution in [2.45, 2.75) is 5.92 Å². The summed E-state index contributed by atoms with van der Waals surface area (Å²) in [6.07, 6.45) is 0. The van der Waals surface area contributed by atoms with E-state index >= 15 is 0 Å². The van der Waals surface area contributed by atoms with E-state index in [2.05, 4.69) is 17.4 Å². The highest BCUT2D eigenvalue weighted by atomic mass is 35.5. The fourth-order valence-corrected chi connectivity index (χ4v) is 1.39. The number of hydrogen-bond acceptors (Lipinski definition) is 1. The van der Waals surface area contributed by atoms with Crippen molar-refractivity contribution in [2.75, 3.05) is 13.1 Å². The Hall–Kier alpha value is -0.530. The van der Waals surface area contributed by atoms with Crippen LogP contribution in [0.15, 0.2) is 24.3 Å². The van der Waals surface area contributed by atoms with Crippen LogP contribution in [0.25, 0.3) is 0 Å². The summed E-state index contributed by atoms with van der Waals surface area (Å²) in [6, 6.07) is 8.12. The maximum atomic E-state index is 5.76. The van der Waals surface area contributed by atoms with E-state index in [1.807, 2.05) is 12.1 Å². The second kappa shape index (κ2) is 2.84. The van der Waals surface area contributed by atoms with Gasteiger partial charge in [-0.1, -0.05) is 23.7 Å². The van der Waals surface area contributed by atoms with E-state index in [1.54, 1.807) is 0 Å². The van der Waals surface area contributed by atoms with Crippen molar-refractivity contribution in [3.05, 3.63) is 34.9 Å². The van der Waals surface area contributed by atoms with Gasteiger partial charge in [-0.15, -0.1) is 0 Å². The molecule has 58 valence electrons. The zero-order chi connectivity index (χ0) is 7.68. The Bertz CT molecular complexity index is 238. The molecule has 0 saturated carbocycles. The van der Waals surface area contributed by atoms with Gasteiger partial charge in [0, 0.05) is 24.0 Å². The van der Waals surface area contributed by atoms with Crippen LogP contribution in [0.1, 0.15) is 11.5 Å². The van der Waals surface area contributed by atoms with Crippen molar-refractivity contribution >= 4 is 11.6 Å². The van der Waals surface area contributed by atoms with E-state index in [0.717, 1.165) is 18.1 Å². The van der Waals surface area contributed by atoms with Crippen molar-refractivity contribution in [2.24, 2.45) is 0 Å². The van der Waals surface area contributed by atoms with Gasteiger partial charge in [0.25, 0.3) is 0 Å². The predicted octanol–water partition coefficient (Wildman–Crippen LogP) is 2.03. The zero-order valence-corrected chi connectivity index (χ0v) is 6.93. The van der Waals surface area contributed by atoms with Crippen LogP contribution in [-0.4, -0.2) is 13.1 Å². The highest BCUT2D eigenvalue weighted by molar-refractivity contribution is 6.30. The van der Waals surface area contributed by atoms with Gasteiger partial charge in [0.2, 0.25) is 0 Å². The van der Waals surface area contributed by atoms with Crippen LogP contribution >= 0.6 is 11.6 Å². The molecule has 1 aromatic carbocycles. The third kappa shape index (κ3) is 1.39. The van der Waals surface area contributed by atoms with E-state index in [0.29, 0.717) is 5.92 Å². The first-order chi connectivity index (χ1) is 5.36. The smallest absolute Gasteiger partial charge is 0.0406 e. The van der Waals surface area contributed by atoms with Crippen molar-refractivity contribution in [3.63, 3.8) is 0 Å². The van der Waals surface area contributed by atoms with Crippen molar-refractivity contribution in [1.29, 1.82) is 0 Å². The minimum atomic E-state index is 0.715. The Morgan fingerprint density at radius 2 is 1.82 bits per heavy atom. The molecule has 0 aliphatic carbocycles. The molecule has 1 heterocycles. The minimum absolute atomic E-state index is 0.715. The standard InChI is InChI=1S/C9H10ClN/c10-9-3-1-7(2-4-9)8-5-11-6-8/h1-4,8,11H,5-6H2. The second-order valence-electron chi connectivity index (χ2n) is 2.91. The third-order valence-electron chi connectivity index (χ3n) is 2.12. The van der Waals surface area contributed by atoms with Gasteiger partial charge in [-0.3, -0.25) is 0 Å². The molecule has 11 heavy (non-hydrogen) atoms. The Morgan fingerprint density at radius 3 is 2.27 bits per heavy atom. The summed E-state index contributed by atoms with van der Waals surface area (Å²) >= 11 is 5.76. The molecular weight excluding hydrogens is 158 g/mol. The van der Waals surface area contributed by atoms with Gasteiger partial charge in [0.1, 0.15) is 0 Å². The number of nitrogens with one attached hydrogen (secondary N) is 1. The van der Waals surface area contributed by atoms with Crippen LogP contribution in [0.4, 0.5) is 0 Å². The predicted molar refractivity (Wildman–Crippen MR) is 47.1 cm³/mol. The fraction of sp³-hybridized carbons (Fsp3) is 0.333. The largest absolute Gasteiger partial charge is 0.315 e. The van der Waals surface area contributed by atoms with Gasteiger partial charge in [0.05, 0.1) is 0 Å². The van der Waals surface area contributed by atoms with Crippen LogP contribution in [0, 0.1) is 0 Å². The monoisotopic (exact) mass is 167 g/mol. The minimum Gasteiger partial charge on any atom is -0.315 e. The summed E-state index contributed by atoms with van der Waals surface area (Å²) in [6.45, 7) is 2.23. The van der Waals surface area contributed by atoms with E-state index in [4.69, 9.17) is 11.6 Å². The van der Waals surface area contributed by atoms with Crippen LogP contribution in [0.2, 0.25) is 5.02 Å². The van der Waals surface area contributed by atoms with Gasteiger partial charge < -0.3 is 5.32 Å². The van der Waals surface area contributed by atoms with E-state index < -0.39 is 0 Å². The maximum absolute atomic E-state index is 5.76. The first-order valence-electron chi connectivity index (χ1n) is 3.82. The lowest BCUT2D eigenvalue weighted by Crippen LogP contribution is -2.39. The molecule has 1 nitrogen and oxygen atoms in total. The molecule has 0 spiro atoms. The first kappa shape index (κ1) is 7.14. The number of hydrogen-bond donors (Lipinski definition) is 1. The molecule has 0 aromatic heterocycles. The van der Waals surface area contributed by atoms with Crippen LogP contribution in [-0.2, 0) is 0 Å². The molecular formula is C9H10ClN. The molecule has 0 radical (unpaired) electrons. The summed E-state index contributed by atoms with van der Waals surface area (Å²) in [5.41, 5.74) is 1.40. The lowest BCUT2D eigenvalue weighted by molar-refractivity contribution is 0.448. The summed E-state index contributed by atoms with van der Waals surface area (Å²) in [4.78, 5) is 0. The van der Waals surface area contributed by atoms with E-state index in [1.165, 1.54) is 5.56 Å². The summed E-state index contributed by atoms with van der Waals surface area (Å²) in [5, 5.41) is 4.06. The number of halogens is 1. The van der Waals surface area contributed by atoms with Crippen molar-refractivity contribution in [1.82, 2.24) is 5.32 Å². The van der Waals surface area contributed by atoms with Gasteiger partial charge >= 0.3 is 0 Å². The number of benzene rings is 1. The third-order valence-corrected chi connectivity index (χ3v) is 2.37. The van der Waals surface area contributed by atoms with Gasteiger partial charge in [-0.2, -0.15) is 0 Å². The molecule has 1 N–H and O–H groups in total. The van der Waals surface area contributed by atoms with Crippen LogP contribution < -0.4 is 5.32 Å². The molecule has 1 aromatic rings. The molecule has 0 unspecified atom stereocenters. The SMILES string of the molecule is Clc1ccc(C2CNC2)cc1. The van der Waals surface area contributed by atoms with Crippen molar-refractivity contribution in [3.8, 4) is 0 Å². The first-order valence-corrected chi connectivity index (χ1v) is 4.20.